The van der Waals surface area contributed by atoms with Crippen LogP contribution in [0, 0.1) is 13.8 Å². The third kappa shape index (κ3) is 2.02. The van der Waals surface area contributed by atoms with Crippen molar-refractivity contribution in [2.45, 2.75) is 56.9 Å². The number of benzene rings is 1. The second kappa shape index (κ2) is 5.08. The highest BCUT2D eigenvalue weighted by Gasteiger charge is 2.47. The van der Waals surface area contributed by atoms with Gasteiger partial charge in [0.25, 0.3) is 0 Å². The minimum Gasteiger partial charge on any atom is -0.478 e. The van der Waals surface area contributed by atoms with Crippen molar-refractivity contribution < 1.29 is 19.4 Å². The number of aliphatic carboxylic acids is 1. The maximum absolute atomic E-state index is 12.9. The molecule has 1 N–H and O–H groups in total. The molecule has 0 fully saturated rings. The van der Waals surface area contributed by atoms with Crippen LogP contribution in [0.3, 0.4) is 0 Å². The van der Waals surface area contributed by atoms with E-state index < -0.39 is 16.4 Å². The minimum atomic E-state index is -0.954. The molecule has 0 bridgehead atoms. The third-order valence-electron chi connectivity index (χ3n) is 4.88. The number of alkyl halides is 1. The predicted molar refractivity (Wildman–Crippen MR) is 86.3 cm³/mol. The number of ketones is 1. The highest BCUT2D eigenvalue weighted by molar-refractivity contribution is 9.10. The molecule has 0 radical (unpaired) electrons. The lowest BCUT2D eigenvalue weighted by Gasteiger charge is -2.18. The summed E-state index contributed by atoms with van der Waals surface area (Å²) in [6.07, 6.45) is 1.81. The van der Waals surface area contributed by atoms with E-state index in [0.717, 1.165) is 40.7 Å². The average Bonchev–Trinajstić information content (AvgIpc) is 2.99. The second-order valence-electron chi connectivity index (χ2n) is 6.28. The molecule has 1 aliphatic heterocycles. The van der Waals surface area contributed by atoms with Gasteiger partial charge in [0.2, 0.25) is 0 Å². The molecule has 0 spiro atoms. The molecule has 1 aromatic carbocycles. The van der Waals surface area contributed by atoms with Gasteiger partial charge in [0.05, 0.1) is 4.32 Å². The minimum absolute atomic E-state index is 0.131. The van der Waals surface area contributed by atoms with Crippen molar-refractivity contribution in [2.24, 2.45) is 0 Å². The number of halogens is 1. The zero-order valence-electron chi connectivity index (χ0n) is 13.0. The summed E-state index contributed by atoms with van der Waals surface area (Å²) >= 11 is 3.66. The summed E-state index contributed by atoms with van der Waals surface area (Å²) in [4.78, 5) is 24.2. The molecule has 0 saturated carbocycles. The zero-order valence-corrected chi connectivity index (χ0v) is 14.5. The Hall–Kier alpha value is -1.36. The molecule has 22 heavy (non-hydrogen) atoms. The number of hydrogen-bond acceptors (Lipinski definition) is 3. The van der Waals surface area contributed by atoms with Gasteiger partial charge in [-0.25, -0.2) is 4.79 Å². The molecule has 0 amide bonds. The Bertz CT molecular complexity index is 695. The van der Waals surface area contributed by atoms with Crippen LogP contribution in [0.5, 0.6) is 5.75 Å². The Kier molecular flexibility index (Phi) is 3.59. The maximum Gasteiger partial charge on any atom is 0.345 e. The fourth-order valence-electron chi connectivity index (χ4n) is 3.67. The van der Waals surface area contributed by atoms with E-state index >= 15 is 0 Å². The summed E-state index contributed by atoms with van der Waals surface area (Å²) in [7, 11) is 0. The van der Waals surface area contributed by atoms with E-state index in [9.17, 15) is 14.7 Å². The van der Waals surface area contributed by atoms with Gasteiger partial charge in [-0.2, -0.15) is 0 Å². The van der Waals surface area contributed by atoms with Gasteiger partial charge in [-0.05, 0) is 43.4 Å². The lowest BCUT2D eigenvalue weighted by molar-refractivity contribution is -0.144. The summed E-state index contributed by atoms with van der Waals surface area (Å²) in [6, 6.07) is 0. The molecular formula is C17H19BrO4. The lowest BCUT2D eigenvalue weighted by atomic mass is 9.92. The molecule has 0 saturated heterocycles. The number of rotatable bonds is 3. The van der Waals surface area contributed by atoms with Gasteiger partial charge in [-0.3, -0.25) is 4.79 Å². The van der Waals surface area contributed by atoms with Crippen LogP contribution in [0.4, 0.5) is 0 Å². The van der Waals surface area contributed by atoms with Gasteiger partial charge >= 0.3 is 5.97 Å². The quantitative estimate of drug-likeness (QED) is 0.833. The molecule has 2 unspecified atom stereocenters. The first-order valence-electron chi connectivity index (χ1n) is 7.58. The first kappa shape index (κ1) is 15.5. The zero-order chi connectivity index (χ0) is 16.2. The van der Waals surface area contributed by atoms with Crippen LogP contribution in [-0.4, -0.2) is 27.3 Å². The number of ether oxygens (including phenoxy) is 1. The molecule has 1 heterocycles. The van der Waals surface area contributed by atoms with Crippen LogP contribution < -0.4 is 4.74 Å². The van der Waals surface area contributed by atoms with Crippen LogP contribution in [0.25, 0.3) is 0 Å². The first-order valence-corrected chi connectivity index (χ1v) is 8.37. The van der Waals surface area contributed by atoms with Crippen molar-refractivity contribution in [3.8, 4) is 5.75 Å². The van der Waals surface area contributed by atoms with E-state index in [1.165, 1.54) is 0 Å². The molecule has 2 atom stereocenters. The Morgan fingerprint density at radius 3 is 2.64 bits per heavy atom. The molecule has 118 valence electrons. The van der Waals surface area contributed by atoms with Gasteiger partial charge < -0.3 is 9.84 Å². The van der Waals surface area contributed by atoms with Crippen molar-refractivity contribution in [1.82, 2.24) is 0 Å². The summed E-state index contributed by atoms with van der Waals surface area (Å²) in [5.74, 6) is -0.152. The molecule has 1 aromatic rings. The van der Waals surface area contributed by atoms with Crippen molar-refractivity contribution >= 4 is 27.7 Å². The highest BCUT2D eigenvalue weighted by atomic mass is 79.9. The van der Waals surface area contributed by atoms with Crippen LogP contribution in [0.2, 0.25) is 0 Å². The number of carbonyl (C=O) groups excluding carboxylic acids is 1. The van der Waals surface area contributed by atoms with E-state index in [0.29, 0.717) is 18.6 Å². The van der Waals surface area contributed by atoms with E-state index in [2.05, 4.69) is 22.9 Å². The van der Waals surface area contributed by atoms with Crippen LogP contribution in [0.15, 0.2) is 0 Å². The fraction of sp³-hybridized carbons (Fsp3) is 0.529. The number of hydrogen-bond donors (Lipinski definition) is 1. The van der Waals surface area contributed by atoms with Gasteiger partial charge in [-0.1, -0.05) is 29.3 Å². The Labute approximate surface area is 138 Å². The normalized spacial score (nSPS) is 25.8. The van der Waals surface area contributed by atoms with Gasteiger partial charge in [0.15, 0.2) is 11.9 Å². The standard InChI is InChI=1S/C17H19BrO4/c1-4-5-17(18)7-11-10-6-12(16(20)21)22-14(10)9(3)8(2)13(11)15(17)19/h12H,4-7H2,1-3H3,(H,20,21). The van der Waals surface area contributed by atoms with Crippen molar-refractivity contribution in [3.05, 3.63) is 27.8 Å². The van der Waals surface area contributed by atoms with Crippen molar-refractivity contribution in [1.29, 1.82) is 0 Å². The molecule has 1 aliphatic carbocycles. The molecule has 4 nitrogen and oxygen atoms in total. The topological polar surface area (TPSA) is 63.6 Å². The van der Waals surface area contributed by atoms with Gasteiger partial charge in [-0.15, -0.1) is 0 Å². The summed E-state index contributed by atoms with van der Waals surface area (Å²) < 4.78 is 5.10. The summed E-state index contributed by atoms with van der Waals surface area (Å²) in [5, 5.41) is 9.23. The summed E-state index contributed by atoms with van der Waals surface area (Å²) in [6.45, 7) is 5.89. The van der Waals surface area contributed by atoms with Crippen molar-refractivity contribution in [3.63, 3.8) is 0 Å². The van der Waals surface area contributed by atoms with Crippen LogP contribution in [0.1, 0.15) is 52.4 Å². The smallest absolute Gasteiger partial charge is 0.345 e. The van der Waals surface area contributed by atoms with Crippen LogP contribution in [-0.2, 0) is 17.6 Å². The molecule has 0 aromatic heterocycles. The SMILES string of the molecule is CCCC1(Br)Cc2c3c(c(C)c(C)c2C1=O)OC(C(=O)O)C3. The lowest BCUT2D eigenvalue weighted by Crippen LogP contribution is -2.28. The molecule has 3 rings (SSSR count). The predicted octanol–water partition coefficient (Wildman–Crippen LogP) is 3.36. The monoisotopic (exact) mass is 366 g/mol. The van der Waals surface area contributed by atoms with E-state index in [1.807, 2.05) is 13.8 Å². The molecular weight excluding hydrogens is 348 g/mol. The summed E-state index contributed by atoms with van der Waals surface area (Å²) in [5.41, 5.74) is 4.48. The highest BCUT2D eigenvalue weighted by Crippen LogP contribution is 2.48. The number of carboxylic acids is 1. The number of carboxylic acid groups (broad SMARTS) is 1. The third-order valence-corrected chi connectivity index (χ3v) is 5.92. The average molecular weight is 367 g/mol. The number of carbonyl (C=O) groups is 2. The second-order valence-corrected chi connectivity index (χ2v) is 7.80. The van der Waals surface area contributed by atoms with E-state index in [4.69, 9.17) is 4.74 Å². The Morgan fingerprint density at radius 2 is 2.05 bits per heavy atom. The van der Waals surface area contributed by atoms with Crippen molar-refractivity contribution in [2.75, 3.05) is 0 Å². The van der Waals surface area contributed by atoms with Crippen LogP contribution >= 0.6 is 15.9 Å². The first-order chi connectivity index (χ1) is 10.3. The largest absolute Gasteiger partial charge is 0.478 e. The Balaban J connectivity index is 2.16. The number of fused-ring (bicyclic) bond motifs is 3. The van der Waals surface area contributed by atoms with E-state index in [1.54, 1.807) is 0 Å². The fourth-order valence-corrected chi connectivity index (χ4v) is 4.54. The van der Waals surface area contributed by atoms with E-state index in [-0.39, 0.29) is 5.78 Å². The molecule has 5 heteroatoms. The molecule has 2 aliphatic rings. The Morgan fingerprint density at radius 1 is 1.36 bits per heavy atom. The maximum atomic E-state index is 12.9. The van der Waals surface area contributed by atoms with Gasteiger partial charge in [0, 0.05) is 17.5 Å². The van der Waals surface area contributed by atoms with Gasteiger partial charge in [0.1, 0.15) is 5.75 Å². The number of Topliss-reactive ketones (excluding diaryl/α,β-unsaturated/α-hetero) is 1.